The Morgan fingerprint density at radius 1 is 1.29 bits per heavy atom. The number of carbonyl (C=O) groups is 3. The first-order valence-corrected chi connectivity index (χ1v) is 6.22. The molecular weight excluding hydrogens is 280 g/mol. The van der Waals surface area contributed by atoms with Gasteiger partial charge in [0.2, 0.25) is 0 Å². The molecule has 9 heteroatoms. The molecule has 1 aromatic heterocycles. The summed E-state index contributed by atoms with van der Waals surface area (Å²) in [6.45, 7) is 5.47. The number of hydrogen-bond acceptors (Lipinski definition) is 5. The number of H-pyrrole nitrogens is 1. The van der Waals surface area contributed by atoms with E-state index in [0.717, 1.165) is 6.33 Å². The van der Waals surface area contributed by atoms with Gasteiger partial charge in [0.25, 0.3) is 5.91 Å². The molecule has 2 amide bonds. The minimum absolute atomic E-state index is 0.115. The minimum Gasteiger partial charge on any atom is -0.477 e. The third-order valence-electron chi connectivity index (χ3n) is 2.15. The molecule has 1 aromatic rings. The number of aromatic carboxylic acids is 1. The number of nitrogens with one attached hydrogen (secondary N) is 3. The topological polar surface area (TPSA) is 133 Å². The number of nitrogens with zero attached hydrogens (tertiary/aromatic N) is 1. The van der Waals surface area contributed by atoms with Gasteiger partial charge in [-0.25, -0.2) is 14.6 Å². The van der Waals surface area contributed by atoms with E-state index < -0.39 is 23.6 Å². The van der Waals surface area contributed by atoms with Crippen LogP contribution < -0.4 is 10.6 Å². The highest BCUT2D eigenvalue weighted by Crippen LogP contribution is 2.06. The molecule has 0 atom stereocenters. The second kappa shape index (κ2) is 6.73. The van der Waals surface area contributed by atoms with Gasteiger partial charge in [-0.2, -0.15) is 0 Å². The summed E-state index contributed by atoms with van der Waals surface area (Å²) in [5.74, 6) is -1.91. The monoisotopic (exact) mass is 298 g/mol. The Kier molecular flexibility index (Phi) is 5.28. The van der Waals surface area contributed by atoms with E-state index in [2.05, 4.69) is 20.6 Å². The molecule has 0 spiro atoms. The molecule has 0 saturated heterocycles. The molecule has 0 bridgehead atoms. The van der Waals surface area contributed by atoms with Crippen molar-refractivity contribution < 1.29 is 24.2 Å². The largest absolute Gasteiger partial charge is 0.477 e. The first-order valence-electron chi connectivity index (χ1n) is 6.22. The van der Waals surface area contributed by atoms with Crippen molar-refractivity contribution in [3.63, 3.8) is 0 Å². The zero-order chi connectivity index (χ0) is 16.0. The van der Waals surface area contributed by atoms with Crippen LogP contribution >= 0.6 is 0 Å². The fourth-order valence-corrected chi connectivity index (χ4v) is 1.37. The van der Waals surface area contributed by atoms with E-state index in [1.165, 1.54) is 0 Å². The number of carbonyl (C=O) groups excluding carboxylic acids is 2. The van der Waals surface area contributed by atoms with E-state index in [0.29, 0.717) is 0 Å². The summed E-state index contributed by atoms with van der Waals surface area (Å²) in [7, 11) is 0. The van der Waals surface area contributed by atoms with Gasteiger partial charge in [0.1, 0.15) is 5.60 Å². The number of carboxylic acid groups (broad SMARTS) is 1. The molecule has 0 radical (unpaired) electrons. The zero-order valence-electron chi connectivity index (χ0n) is 12.0. The Bertz CT molecular complexity index is 532. The number of carboxylic acids is 1. The molecule has 9 nitrogen and oxygen atoms in total. The van der Waals surface area contributed by atoms with E-state index >= 15 is 0 Å². The minimum atomic E-state index is -1.27. The third-order valence-corrected chi connectivity index (χ3v) is 2.15. The van der Waals surface area contributed by atoms with Crippen LogP contribution in [-0.2, 0) is 4.74 Å². The van der Waals surface area contributed by atoms with Crippen LogP contribution in [0.5, 0.6) is 0 Å². The van der Waals surface area contributed by atoms with Gasteiger partial charge >= 0.3 is 12.1 Å². The van der Waals surface area contributed by atoms with Crippen molar-refractivity contribution in [2.75, 3.05) is 13.1 Å². The van der Waals surface area contributed by atoms with Crippen molar-refractivity contribution in [2.45, 2.75) is 26.4 Å². The van der Waals surface area contributed by atoms with Gasteiger partial charge in [-0.1, -0.05) is 0 Å². The maximum absolute atomic E-state index is 11.7. The van der Waals surface area contributed by atoms with Gasteiger partial charge in [0, 0.05) is 13.1 Å². The zero-order valence-corrected chi connectivity index (χ0v) is 12.0. The third kappa shape index (κ3) is 5.51. The number of rotatable bonds is 5. The first kappa shape index (κ1) is 16.5. The molecule has 0 aliphatic heterocycles. The SMILES string of the molecule is CC(C)(C)OC(=O)NCCNC(=O)c1nc[nH]c1C(=O)O. The first-order chi connectivity index (χ1) is 9.70. The molecule has 4 N–H and O–H groups in total. The van der Waals surface area contributed by atoms with E-state index in [-0.39, 0.29) is 24.5 Å². The second-order valence-electron chi connectivity index (χ2n) is 5.12. The lowest BCUT2D eigenvalue weighted by Crippen LogP contribution is -2.38. The number of imidazole rings is 1. The summed E-state index contributed by atoms with van der Waals surface area (Å²) in [6.07, 6.45) is 0.528. The van der Waals surface area contributed by atoms with Crippen LogP contribution in [0.15, 0.2) is 6.33 Å². The van der Waals surface area contributed by atoms with Gasteiger partial charge < -0.3 is 25.5 Å². The highest BCUT2D eigenvalue weighted by molar-refractivity contribution is 6.02. The van der Waals surface area contributed by atoms with E-state index in [1.807, 2.05) is 0 Å². The van der Waals surface area contributed by atoms with Gasteiger partial charge in [-0.15, -0.1) is 0 Å². The molecule has 0 aromatic carbocycles. The Morgan fingerprint density at radius 3 is 2.48 bits per heavy atom. The van der Waals surface area contributed by atoms with E-state index in [1.54, 1.807) is 20.8 Å². The van der Waals surface area contributed by atoms with Crippen molar-refractivity contribution in [3.05, 3.63) is 17.7 Å². The lowest BCUT2D eigenvalue weighted by molar-refractivity contribution is 0.0526. The predicted molar refractivity (Wildman–Crippen MR) is 72.1 cm³/mol. The number of aromatic nitrogens is 2. The summed E-state index contributed by atoms with van der Waals surface area (Å²) in [5, 5.41) is 13.7. The van der Waals surface area contributed by atoms with Crippen LogP contribution in [0.25, 0.3) is 0 Å². The molecule has 0 fully saturated rings. The number of aromatic amines is 1. The quantitative estimate of drug-likeness (QED) is 0.580. The number of amides is 2. The normalized spacial score (nSPS) is 10.8. The van der Waals surface area contributed by atoms with Crippen LogP contribution in [-0.4, -0.2) is 51.7 Å². The maximum Gasteiger partial charge on any atom is 0.407 e. The number of alkyl carbamates (subject to hydrolysis) is 1. The van der Waals surface area contributed by atoms with Gasteiger partial charge in [0.15, 0.2) is 11.4 Å². The average Bonchev–Trinajstić information content (AvgIpc) is 2.81. The fourth-order valence-electron chi connectivity index (χ4n) is 1.37. The maximum atomic E-state index is 11.7. The summed E-state index contributed by atoms with van der Waals surface area (Å²) >= 11 is 0. The molecule has 0 unspecified atom stereocenters. The molecule has 0 aliphatic rings. The average molecular weight is 298 g/mol. The Balaban J connectivity index is 2.36. The van der Waals surface area contributed by atoms with E-state index in [9.17, 15) is 14.4 Å². The Morgan fingerprint density at radius 2 is 1.90 bits per heavy atom. The summed E-state index contributed by atoms with van der Waals surface area (Å²) in [4.78, 5) is 39.9. The Hall–Kier alpha value is -2.58. The molecule has 0 aliphatic carbocycles. The molecular formula is C12H18N4O5. The Labute approximate surface area is 121 Å². The predicted octanol–water partition coefficient (Wildman–Crippen LogP) is 0.362. The molecule has 116 valence electrons. The lowest BCUT2D eigenvalue weighted by Gasteiger charge is -2.19. The van der Waals surface area contributed by atoms with Crippen LogP contribution in [0.2, 0.25) is 0 Å². The molecule has 0 saturated carbocycles. The standard InChI is InChI=1S/C12H18N4O5/c1-12(2,3)21-11(20)14-5-4-13-9(17)7-8(10(18)19)16-6-15-7/h6H,4-5H2,1-3H3,(H,13,17)(H,14,20)(H,15,16)(H,18,19). The summed E-state index contributed by atoms with van der Waals surface area (Å²) in [6, 6.07) is 0. The van der Waals surface area contributed by atoms with Crippen LogP contribution in [0, 0.1) is 0 Å². The van der Waals surface area contributed by atoms with Crippen LogP contribution in [0.4, 0.5) is 4.79 Å². The van der Waals surface area contributed by atoms with Crippen molar-refractivity contribution in [2.24, 2.45) is 0 Å². The van der Waals surface area contributed by atoms with Crippen molar-refractivity contribution in [1.29, 1.82) is 0 Å². The van der Waals surface area contributed by atoms with Crippen LogP contribution in [0.1, 0.15) is 41.7 Å². The van der Waals surface area contributed by atoms with E-state index in [4.69, 9.17) is 9.84 Å². The summed E-state index contributed by atoms with van der Waals surface area (Å²) in [5.41, 5.74) is -1.09. The molecule has 21 heavy (non-hydrogen) atoms. The van der Waals surface area contributed by atoms with Gasteiger partial charge in [-0.3, -0.25) is 4.79 Å². The smallest absolute Gasteiger partial charge is 0.407 e. The van der Waals surface area contributed by atoms with Crippen molar-refractivity contribution >= 4 is 18.0 Å². The highest BCUT2D eigenvalue weighted by atomic mass is 16.6. The second-order valence-corrected chi connectivity index (χ2v) is 5.12. The van der Waals surface area contributed by atoms with Crippen LogP contribution in [0.3, 0.4) is 0 Å². The summed E-state index contributed by atoms with van der Waals surface area (Å²) < 4.78 is 5.01. The molecule has 1 rings (SSSR count). The van der Waals surface area contributed by atoms with Crippen molar-refractivity contribution in [1.82, 2.24) is 20.6 Å². The van der Waals surface area contributed by atoms with Gasteiger partial charge in [-0.05, 0) is 20.8 Å². The highest BCUT2D eigenvalue weighted by Gasteiger charge is 2.19. The number of hydrogen-bond donors (Lipinski definition) is 4. The fraction of sp³-hybridized carbons (Fsp3) is 0.500. The van der Waals surface area contributed by atoms with Gasteiger partial charge in [0.05, 0.1) is 6.33 Å². The number of ether oxygens (including phenoxy) is 1. The van der Waals surface area contributed by atoms with Crippen molar-refractivity contribution in [3.8, 4) is 0 Å². The lowest BCUT2D eigenvalue weighted by atomic mass is 10.2. The molecule has 1 heterocycles.